The molecule has 2 heterocycles. The van der Waals surface area contributed by atoms with Crippen LogP contribution in [0, 0.1) is 0 Å². The van der Waals surface area contributed by atoms with Crippen LogP contribution in [-0.2, 0) is 23.9 Å². The number of anilines is 1. The fraction of sp³-hybridized carbons (Fsp3) is 0.174. The molecule has 5 nitrogen and oxygen atoms in total. The molecule has 0 saturated carbocycles. The zero-order valence-corrected chi connectivity index (χ0v) is 20.7. The van der Waals surface area contributed by atoms with E-state index in [2.05, 4.69) is 26.2 Å². The molecule has 34 heavy (non-hydrogen) atoms. The summed E-state index contributed by atoms with van der Waals surface area (Å²) in [5, 5.41) is 2.70. The van der Waals surface area contributed by atoms with E-state index >= 15 is 0 Å². The number of benzene rings is 2. The van der Waals surface area contributed by atoms with Crippen LogP contribution in [0.5, 0.6) is 0 Å². The lowest BCUT2D eigenvalue weighted by Gasteiger charge is -2.12. The largest absolute Gasteiger partial charge is 0.416 e. The Kier molecular flexibility index (Phi) is 6.84. The number of hydrogen-bond acceptors (Lipinski definition) is 4. The van der Waals surface area contributed by atoms with Crippen molar-refractivity contribution in [3.8, 4) is 11.1 Å². The van der Waals surface area contributed by atoms with E-state index in [0.29, 0.717) is 16.6 Å². The molecule has 1 amide bonds. The van der Waals surface area contributed by atoms with Crippen molar-refractivity contribution in [3.63, 3.8) is 0 Å². The number of nitrogens with zero attached hydrogens (tertiary/aromatic N) is 2. The summed E-state index contributed by atoms with van der Waals surface area (Å²) in [6.45, 7) is 1.54. The van der Waals surface area contributed by atoms with Gasteiger partial charge in [-0.3, -0.25) is 14.2 Å². The van der Waals surface area contributed by atoms with Crippen LogP contribution in [0.2, 0.25) is 5.02 Å². The highest BCUT2D eigenvalue weighted by Gasteiger charge is 2.31. The number of thiophene rings is 1. The summed E-state index contributed by atoms with van der Waals surface area (Å²) in [6, 6.07) is 10.2. The summed E-state index contributed by atoms with van der Waals surface area (Å²) in [5.41, 5.74) is 0.0652. The van der Waals surface area contributed by atoms with Gasteiger partial charge in [-0.05, 0) is 42.3 Å². The molecule has 2 aromatic heterocycles. The molecule has 1 N–H and O–H groups in total. The van der Waals surface area contributed by atoms with Crippen molar-refractivity contribution in [2.45, 2.75) is 26.1 Å². The third-order valence-corrected chi connectivity index (χ3v) is 7.19. The molecule has 0 atom stereocenters. The van der Waals surface area contributed by atoms with Crippen LogP contribution in [-0.4, -0.2) is 15.5 Å². The number of nitrogens with one attached hydrogen (secondary N) is 1. The van der Waals surface area contributed by atoms with Crippen LogP contribution in [0.15, 0.2) is 58.1 Å². The number of amides is 1. The highest BCUT2D eigenvalue weighted by molar-refractivity contribution is 9.10. The summed E-state index contributed by atoms with van der Waals surface area (Å²) < 4.78 is 41.0. The second-order valence-electron chi connectivity index (χ2n) is 7.36. The quantitative estimate of drug-likeness (QED) is 0.288. The van der Waals surface area contributed by atoms with E-state index in [1.54, 1.807) is 0 Å². The molecule has 4 aromatic rings. The minimum atomic E-state index is -4.59. The number of aryl methyl sites for hydroxylation is 1. The summed E-state index contributed by atoms with van der Waals surface area (Å²) >= 11 is 10.8. The van der Waals surface area contributed by atoms with Gasteiger partial charge in [0.15, 0.2) is 0 Å². The number of aromatic nitrogens is 2. The highest BCUT2D eigenvalue weighted by atomic mass is 79.9. The number of hydrogen-bond donors (Lipinski definition) is 1. The van der Waals surface area contributed by atoms with Crippen LogP contribution >= 0.6 is 38.9 Å². The first-order valence-electron chi connectivity index (χ1n) is 10.0. The Morgan fingerprint density at radius 3 is 2.56 bits per heavy atom. The molecule has 176 valence electrons. The Morgan fingerprint density at radius 1 is 1.21 bits per heavy atom. The third kappa shape index (κ3) is 4.89. The average molecular weight is 571 g/mol. The van der Waals surface area contributed by atoms with E-state index in [4.69, 9.17) is 11.6 Å². The molecule has 0 radical (unpaired) electrons. The minimum absolute atomic E-state index is 0.0507. The van der Waals surface area contributed by atoms with Gasteiger partial charge in [-0.15, -0.1) is 11.3 Å². The second kappa shape index (κ2) is 9.52. The Labute approximate surface area is 209 Å². The zero-order chi connectivity index (χ0) is 24.6. The molecule has 0 aliphatic rings. The van der Waals surface area contributed by atoms with E-state index in [1.165, 1.54) is 17.7 Å². The maximum absolute atomic E-state index is 13.3. The predicted octanol–water partition coefficient (Wildman–Crippen LogP) is 6.76. The molecule has 0 aliphatic heterocycles. The summed E-state index contributed by atoms with van der Waals surface area (Å²) in [6.07, 6.45) is -2.63. The van der Waals surface area contributed by atoms with Gasteiger partial charge in [-0.2, -0.15) is 13.2 Å². The van der Waals surface area contributed by atoms with Crippen molar-refractivity contribution in [1.29, 1.82) is 0 Å². The molecule has 4 rings (SSSR count). The van der Waals surface area contributed by atoms with Gasteiger partial charge < -0.3 is 5.32 Å². The van der Waals surface area contributed by atoms with Crippen LogP contribution in [0.25, 0.3) is 21.3 Å². The fourth-order valence-corrected chi connectivity index (χ4v) is 5.02. The Balaban J connectivity index is 1.69. The average Bonchev–Trinajstić information content (AvgIpc) is 3.16. The fourth-order valence-electron chi connectivity index (χ4n) is 3.50. The van der Waals surface area contributed by atoms with Crippen molar-refractivity contribution >= 4 is 60.7 Å². The van der Waals surface area contributed by atoms with Gasteiger partial charge in [-0.25, -0.2) is 4.98 Å². The first kappa shape index (κ1) is 24.4. The predicted molar refractivity (Wildman–Crippen MR) is 131 cm³/mol. The summed E-state index contributed by atoms with van der Waals surface area (Å²) in [5.74, 6) is -0.708. The molecule has 0 aliphatic carbocycles. The van der Waals surface area contributed by atoms with Gasteiger partial charge in [0.05, 0.1) is 28.0 Å². The van der Waals surface area contributed by atoms with Crippen molar-refractivity contribution in [3.05, 3.63) is 79.1 Å². The van der Waals surface area contributed by atoms with Crippen LogP contribution < -0.4 is 10.9 Å². The molecule has 2 aromatic carbocycles. The Hall–Kier alpha value is -2.69. The lowest BCUT2D eigenvalue weighted by atomic mass is 10.0. The van der Waals surface area contributed by atoms with Crippen LogP contribution in [0.3, 0.4) is 0 Å². The van der Waals surface area contributed by atoms with Gasteiger partial charge >= 0.3 is 6.18 Å². The van der Waals surface area contributed by atoms with Crippen molar-refractivity contribution in [2.24, 2.45) is 0 Å². The standard InChI is InChI=1S/C23H16BrClF3N3O2S/c1-2-17-19(12-3-6-14(24)7-4-12)20-21(34-17)29-11-31(22(20)33)10-18(32)30-16-9-13(23(26,27)28)5-8-15(16)25/h3-9,11H,2,10H2,1H3,(H,30,32). The second-order valence-corrected chi connectivity index (χ2v) is 9.77. The summed E-state index contributed by atoms with van der Waals surface area (Å²) in [4.78, 5) is 31.8. The van der Waals surface area contributed by atoms with Crippen LogP contribution in [0.4, 0.5) is 18.9 Å². The van der Waals surface area contributed by atoms with Gasteiger partial charge in [0, 0.05) is 14.9 Å². The maximum atomic E-state index is 13.3. The molecular weight excluding hydrogens is 555 g/mol. The van der Waals surface area contributed by atoms with Crippen molar-refractivity contribution in [1.82, 2.24) is 9.55 Å². The molecule has 0 spiro atoms. The van der Waals surface area contributed by atoms with E-state index in [-0.39, 0.29) is 10.7 Å². The lowest BCUT2D eigenvalue weighted by Crippen LogP contribution is -2.28. The number of fused-ring (bicyclic) bond motifs is 1. The molecular formula is C23H16BrClF3N3O2S. The Bertz CT molecular complexity index is 1450. The number of carbonyl (C=O) groups excluding carboxylic acids is 1. The number of halogens is 5. The van der Waals surface area contributed by atoms with Gasteiger partial charge in [0.1, 0.15) is 11.4 Å². The summed E-state index contributed by atoms with van der Waals surface area (Å²) in [7, 11) is 0. The number of carbonyl (C=O) groups is 1. The van der Waals surface area contributed by atoms with Gasteiger partial charge in [0.25, 0.3) is 5.56 Å². The van der Waals surface area contributed by atoms with Crippen LogP contribution in [0.1, 0.15) is 17.4 Å². The van der Waals surface area contributed by atoms with Crippen molar-refractivity contribution < 1.29 is 18.0 Å². The first-order chi connectivity index (χ1) is 16.1. The van der Waals surface area contributed by atoms with E-state index < -0.39 is 29.8 Å². The molecule has 0 saturated heterocycles. The number of alkyl halides is 3. The van der Waals surface area contributed by atoms with Crippen molar-refractivity contribution in [2.75, 3.05) is 5.32 Å². The smallest absolute Gasteiger partial charge is 0.323 e. The number of rotatable bonds is 5. The monoisotopic (exact) mass is 569 g/mol. The molecule has 0 fully saturated rings. The first-order valence-corrected chi connectivity index (χ1v) is 12.0. The zero-order valence-electron chi connectivity index (χ0n) is 17.5. The van der Waals surface area contributed by atoms with E-state index in [9.17, 15) is 22.8 Å². The minimum Gasteiger partial charge on any atom is -0.323 e. The maximum Gasteiger partial charge on any atom is 0.416 e. The third-order valence-electron chi connectivity index (χ3n) is 5.09. The van der Waals surface area contributed by atoms with E-state index in [1.807, 2.05) is 31.2 Å². The topological polar surface area (TPSA) is 64.0 Å². The molecule has 11 heteroatoms. The normalized spacial score (nSPS) is 11.7. The Morgan fingerprint density at radius 2 is 1.91 bits per heavy atom. The highest BCUT2D eigenvalue weighted by Crippen LogP contribution is 2.37. The molecule has 0 bridgehead atoms. The van der Waals surface area contributed by atoms with Gasteiger partial charge in [0.2, 0.25) is 5.91 Å². The molecule has 0 unspecified atom stereocenters. The van der Waals surface area contributed by atoms with E-state index in [0.717, 1.165) is 43.2 Å². The lowest BCUT2D eigenvalue weighted by molar-refractivity contribution is -0.137. The SMILES string of the molecule is CCc1sc2ncn(CC(=O)Nc3cc(C(F)(F)F)ccc3Cl)c(=O)c2c1-c1ccc(Br)cc1. The van der Waals surface area contributed by atoms with Gasteiger partial charge in [-0.1, -0.05) is 46.6 Å².